The van der Waals surface area contributed by atoms with Crippen molar-refractivity contribution in [1.29, 1.82) is 0 Å². The number of ether oxygens (including phenoxy) is 1. The molecule has 0 radical (unpaired) electrons. The number of rotatable bonds is 6. The maximum atomic E-state index is 11.8. The smallest absolute Gasteiger partial charge is 0.407 e. The second kappa shape index (κ2) is 7.82. The third kappa shape index (κ3) is 11.3. The molecule has 21 heavy (non-hydrogen) atoms. The maximum absolute atomic E-state index is 11.8. The fourth-order valence-corrected chi connectivity index (χ4v) is 2.46. The summed E-state index contributed by atoms with van der Waals surface area (Å²) in [6.45, 7) is 9.34. The predicted octanol–water partition coefficient (Wildman–Crippen LogP) is 2.48. The summed E-state index contributed by atoms with van der Waals surface area (Å²) in [7, 11) is -2.18. The zero-order chi connectivity index (χ0) is 16.8. The minimum Gasteiger partial charge on any atom is -0.444 e. The second-order valence-electron chi connectivity index (χ2n) is 6.93. The van der Waals surface area contributed by atoms with E-state index in [9.17, 15) is 13.8 Å². The van der Waals surface area contributed by atoms with Gasteiger partial charge in [0.2, 0.25) is 0 Å². The molecule has 0 aliphatic rings. The average Bonchev–Trinajstić information content (AvgIpc) is 2.18. The van der Waals surface area contributed by atoms with Gasteiger partial charge in [0.05, 0.1) is 0 Å². The molecule has 0 aromatic carbocycles. The van der Waals surface area contributed by atoms with Gasteiger partial charge >= 0.3 is 6.09 Å². The van der Waals surface area contributed by atoms with Crippen molar-refractivity contribution in [3.8, 4) is 0 Å². The lowest BCUT2D eigenvalue weighted by Crippen LogP contribution is -2.42. The molecule has 0 heterocycles. The summed E-state index contributed by atoms with van der Waals surface area (Å²) in [5, 5.41) is 4.07. The molecule has 5 nitrogen and oxygen atoms in total. The second-order valence-corrected chi connectivity index (χ2v) is 9.78. The fraction of sp³-hybridized carbons (Fsp3) is 0.800. The largest absolute Gasteiger partial charge is 0.444 e. The van der Waals surface area contributed by atoms with Gasteiger partial charge in [-0.15, -0.1) is 0 Å². The van der Waals surface area contributed by atoms with Crippen molar-refractivity contribution in [3.05, 3.63) is 0 Å². The number of alkyl carbamates (subject to hydrolysis) is 1. The molecule has 0 fully saturated rings. The van der Waals surface area contributed by atoms with Gasteiger partial charge in [-0.2, -0.15) is 0 Å². The van der Waals surface area contributed by atoms with Crippen LogP contribution in [0.5, 0.6) is 0 Å². The van der Waals surface area contributed by atoms with Gasteiger partial charge in [-0.3, -0.25) is 9.00 Å². The van der Waals surface area contributed by atoms with Gasteiger partial charge in [-0.05, 0) is 42.6 Å². The van der Waals surface area contributed by atoms with Gasteiger partial charge in [0, 0.05) is 31.8 Å². The predicted molar refractivity (Wildman–Crippen MR) is 90.4 cm³/mol. The van der Waals surface area contributed by atoms with Crippen molar-refractivity contribution in [3.63, 3.8) is 0 Å². The van der Waals surface area contributed by atoms with E-state index in [-0.39, 0.29) is 25.6 Å². The topological polar surface area (TPSA) is 72.5 Å². The van der Waals surface area contributed by atoms with E-state index in [2.05, 4.69) is 5.32 Å². The fourth-order valence-electron chi connectivity index (χ4n) is 1.70. The number of carbonyl (C=O) groups is 2. The maximum Gasteiger partial charge on any atom is 0.407 e. The van der Waals surface area contributed by atoms with E-state index in [0.29, 0.717) is 6.42 Å². The van der Waals surface area contributed by atoms with Crippen LogP contribution in [0.25, 0.3) is 0 Å². The van der Waals surface area contributed by atoms with E-state index in [1.807, 2.05) is 13.8 Å². The molecular formula is C15H31NO4S. The molecule has 0 aliphatic carbocycles. The Morgan fingerprint density at radius 3 is 2.19 bits per heavy atom. The summed E-state index contributed by atoms with van der Waals surface area (Å²) < 4.78 is 16.8. The molecule has 0 unspecified atom stereocenters. The normalized spacial score (nSPS) is 13.7. The Morgan fingerprint density at radius 2 is 1.81 bits per heavy atom. The Balaban J connectivity index is 0. The summed E-state index contributed by atoms with van der Waals surface area (Å²) in [5.74, 6) is 0.0274. The number of nitrogens with one attached hydrogen (secondary N) is 1. The highest BCUT2D eigenvalue weighted by atomic mass is 32.2. The summed E-state index contributed by atoms with van der Waals surface area (Å²) in [4.78, 5) is 23.5. The van der Waals surface area contributed by atoms with Crippen LogP contribution < -0.4 is 5.32 Å². The number of hydrogen-bond donors (Lipinski definition) is 1. The number of ketones is 1. The Labute approximate surface area is 130 Å². The van der Waals surface area contributed by atoms with Crippen LogP contribution in [0.15, 0.2) is 0 Å². The zero-order valence-electron chi connectivity index (χ0n) is 14.2. The highest BCUT2D eigenvalue weighted by molar-refractivity contribution is 8.01. The number of carbonyl (C=O) groups excluding carboxylic acids is 2. The van der Waals surface area contributed by atoms with Gasteiger partial charge < -0.3 is 10.1 Å². The van der Waals surface area contributed by atoms with Crippen molar-refractivity contribution in [2.45, 2.75) is 59.1 Å². The first kappa shape index (κ1) is 20.0. The van der Waals surface area contributed by atoms with Crippen LogP contribution in [0.1, 0.15) is 48.9 Å². The van der Waals surface area contributed by atoms with Gasteiger partial charge in [0.15, 0.2) is 5.78 Å². The van der Waals surface area contributed by atoms with Crippen molar-refractivity contribution < 1.29 is 20.0 Å². The van der Waals surface area contributed by atoms with Crippen LogP contribution in [-0.2, 0) is 19.1 Å². The Kier molecular flexibility index (Phi) is 7.44. The highest BCUT2D eigenvalue weighted by Gasteiger charge is 2.21. The van der Waals surface area contributed by atoms with Gasteiger partial charge in [-0.25, -0.2) is 4.79 Å². The third-order valence-electron chi connectivity index (χ3n) is 2.62. The van der Waals surface area contributed by atoms with Crippen molar-refractivity contribution in [2.75, 3.05) is 12.5 Å². The van der Waals surface area contributed by atoms with Crippen LogP contribution in [0, 0.1) is 5.92 Å². The van der Waals surface area contributed by atoms with E-state index in [1.165, 1.54) is 17.9 Å². The molecule has 0 aromatic heterocycles. The quantitative estimate of drug-likeness (QED) is 0.763. The highest BCUT2D eigenvalue weighted by Crippen LogP contribution is 2.12. The van der Waals surface area contributed by atoms with Crippen LogP contribution in [-0.4, -0.2) is 45.6 Å². The van der Waals surface area contributed by atoms with Gasteiger partial charge in [-0.1, -0.05) is 13.8 Å². The van der Waals surface area contributed by atoms with Crippen LogP contribution in [0.2, 0.25) is 0 Å². The van der Waals surface area contributed by atoms with Crippen LogP contribution in [0.3, 0.4) is 0 Å². The lowest BCUT2D eigenvalue weighted by molar-refractivity contribution is -0.112. The molecule has 0 saturated carbocycles. The van der Waals surface area contributed by atoms with Crippen LogP contribution >= 0.6 is 0 Å². The van der Waals surface area contributed by atoms with E-state index < -0.39 is 21.2 Å². The van der Waals surface area contributed by atoms with Gasteiger partial charge in [0.1, 0.15) is 5.60 Å². The molecule has 1 atom stereocenters. The number of amides is 1. The molecule has 0 rings (SSSR count). The molecule has 0 bridgehead atoms. The minimum atomic E-state index is -2.18. The first-order valence-corrected chi connectivity index (χ1v) is 9.55. The van der Waals surface area contributed by atoms with E-state index >= 15 is 0 Å². The summed E-state index contributed by atoms with van der Waals surface area (Å²) in [6, 6.07) is -0.151. The lowest BCUT2D eigenvalue weighted by Gasteiger charge is -2.25. The molecule has 6 heteroatoms. The van der Waals surface area contributed by atoms with Crippen molar-refractivity contribution >= 4 is 26.8 Å². The summed E-state index contributed by atoms with van der Waals surface area (Å²) >= 11 is 0. The minimum absolute atomic E-state index is 0. The van der Waals surface area contributed by atoms with Crippen LogP contribution in [0.4, 0.5) is 4.79 Å². The molecule has 1 amide bonds. The van der Waals surface area contributed by atoms with E-state index in [1.54, 1.807) is 20.8 Å². The molecule has 1 N–H and O–H groups in total. The first-order chi connectivity index (χ1) is 9.30. The molecule has 0 aliphatic heterocycles. The monoisotopic (exact) mass is 321 g/mol. The number of Topliss-reactive ketones (excluding diaryl/α,β-unsaturated/α-hetero) is 1. The van der Waals surface area contributed by atoms with Crippen molar-refractivity contribution in [2.24, 2.45) is 5.92 Å². The number of hydrogen-bond acceptors (Lipinski definition) is 4. The Morgan fingerprint density at radius 1 is 1.29 bits per heavy atom. The lowest BCUT2D eigenvalue weighted by atomic mass is 9.98. The average molecular weight is 321 g/mol. The van der Waals surface area contributed by atoms with Crippen molar-refractivity contribution in [1.82, 2.24) is 5.32 Å². The molecule has 126 valence electrons. The molecule has 0 spiro atoms. The van der Waals surface area contributed by atoms with E-state index in [0.717, 1.165) is 0 Å². The standard InChI is InChI=1S/C15H29NO4S.H2/c1-11(2)13(16-14(18)20-15(3,4)5)9-8-12(17)10-21(6,7)19;/h10-11,13H,8-9H2,1-7H3,(H,16,18);1H/t13-;/m1./s1. The Bertz CT molecular complexity index is 480. The van der Waals surface area contributed by atoms with Gasteiger partial charge in [0.25, 0.3) is 0 Å². The first-order valence-electron chi connectivity index (χ1n) is 7.11. The summed E-state index contributed by atoms with van der Waals surface area (Å²) in [5.41, 5.74) is -0.550. The van der Waals surface area contributed by atoms with E-state index in [4.69, 9.17) is 4.74 Å². The third-order valence-corrected chi connectivity index (χ3v) is 3.45. The SMILES string of the molecule is CC(C)[C@@H](CCC(=O)C=S(C)(C)=O)NC(=O)OC(C)(C)C.[HH]. The zero-order valence-corrected chi connectivity index (χ0v) is 15.0. The molecule has 0 aromatic rings. The molecular weight excluding hydrogens is 290 g/mol. The summed E-state index contributed by atoms with van der Waals surface area (Å²) in [6.07, 6.45) is 3.35. The Hall–Kier alpha value is -1.04. The molecule has 0 saturated heterocycles.